The van der Waals surface area contributed by atoms with Crippen LogP contribution < -0.4 is 4.90 Å². The van der Waals surface area contributed by atoms with Crippen LogP contribution in [0.3, 0.4) is 0 Å². The van der Waals surface area contributed by atoms with Gasteiger partial charge in [0.05, 0.1) is 11.0 Å². The fraction of sp³-hybridized carbons (Fsp3) is 0.231. The Balaban J connectivity index is 1.54. The summed E-state index contributed by atoms with van der Waals surface area (Å²) in [4.78, 5) is 19.7. The van der Waals surface area contributed by atoms with E-state index in [2.05, 4.69) is 42.7 Å². The molecular weight excluding hydrogens is 406 g/mol. The number of aryl methyl sites for hydroxylation is 2. The van der Waals surface area contributed by atoms with Crippen molar-refractivity contribution in [2.45, 2.75) is 32.7 Å². The molecule has 1 amide bonds. The summed E-state index contributed by atoms with van der Waals surface area (Å²) in [5.41, 5.74) is 6.75. The number of para-hydroxylation sites is 2. The fourth-order valence-electron chi connectivity index (χ4n) is 4.46. The number of carbonyl (C=O) groups excluding carboxylic acids is 1. The predicted octanol–water partition coefficient (Wildman–Crippen LogP) is 5.88. The van der Waals surface area contributed by atoms with Crippen molar-refractivity contribution in [2.24, 2.45) is 0 Å². The van der Waals surface area contributed by atoms with Crippen molar-refractivity contribution in [3.8, 4) is 0 Å². The zero-order valence-corrected chi connectivity index (χ0v) is 18.4. The van der Waals surface area contributed by atoms with E-state index in [0.717, 1.165) is 29.1 Å². The summed E-state index contributed by atoms with van der Waals surface area (Å²) in [6, 6.07) is 22.2. The highest BCUT2D eigenvalue weighted by Gasteiger charge is 2.34. The second-order valence-electron chi connectivity index (χ2n) is 8.36. The number of amides is 1. The third-order valence-electron chi connectivity index (χ3n) is 6.15. The number of rotatable bonds is 4. The van der Waals surface area contributed by atoms with Gasteiger partial charge in [-0.2, -0.15) is 0 Å². The van der Waals surface area contributed by atoms with E-state index < -0.39 is 0 Å². The molecule has 0 saturated carbocycles. The number of fused-ring (bicyclic) bond motifs is 1. The maximum absolute atomic E-state index is 12.9. The topological polar surface area (TPSA) is 38.1 Å². The first kappa shape index (κ1) is 19.8. The Labute approximate surface area is 187 Å². The molecule has 0 bridgehead atoms. The van der Waals surface area contributed by atoms with E-state index in [9.17, 15) is 4.79 Å². The molecule has 1 unspecified atom stereocenters. The molecule has 3 aromatic carbocycles. The number of nitrogens with zero attached hydrogens (tertiary/aromatic N) is 3. The molecule has 0 N–H and O–H groups in total. The lowest BCUT2D eigenvalue weighted by Gasteiger charge is -2.18. The highest BCUT2D eigenvalue weighted by Crippen LogP contribution is 2.34. The van der Waals surface area contributed by atoms with Crippen LogP contribution in [0, 0.1) is 13.8 Å². The monoisotopic (exact) mass is 429 g/mol. The molecule has 2 heterocycles. The molecule has 4 nitrogen and oxygen atoms in total. The second-order valence-corrected chi connectivity index (χ2v) is 8.79. The molecule has 0 spiro atoms. The molecule has 4 aromatic rings. The van der Waals surface area contributed by atoms with Gasteiger partial charge in [0.25, 0.3) is 0 Å². The molecule has 1 fully saturated rings. The molecule has 156 valence electrons. The van der Waals surface area contributed by atoms with Crippen molar-refractivity contribution in [2.75, 3.05) is 11.4 Å². The van der Waals surface area contributed by atoms with Crippen LogP contribution in [0.5, 0.6) is 0 Å². The summed E-state index contributed by atoms with van der Waals surface area (Å²) < 4.78 is 2.29. The third kappa shape index (κ3) is 3.72. The van der Waals surface area contributed by atoms with Gasteiger partial charge in [0.2, 0.25) is 5.91 Å². The molecule has 1 aliphatic rings. The smallest absolute Gasteiger partial charge is 0.227 e. The van der Waals surface area contributed by atoms with Gasteiger partial charge in [-0.15, -0.1) is 0 Å². The van der Waals surface area contributed by atoms with Crippen LogP contribution in [0.15, 0.2) is 66.7 Å². The van der Waals surface area contributed by atoms with Crippen molar-refractivity contribution < 1.29 is 4.79 Å². The number of carbonyl (C=O) groups is 1. The number of hydrogen-bond acceptors (Lipinski definition) is 2. The minimum atomic E-state index is 0.0423. The summed E-state index contributed by atoms with van der Waals surface area (Å²) in [5, 5.41) is 0.669. The van der Waals surface area contributed by atoms with Gasteiger partial charge in [-0.3, -0.25) is 4.79 Å². The first-order chi connectivity index (χ1) is 15.0. The van der Waals surface area contributed by atoms with E-state index in [1.54, 1.807) is 0 Å². The third-order valence-corrected chi connectivity index (χ3v) is 6.40. The van der Waals surface area contributed by atoms with Gasteiger partial charge in [-0.05, 0) is 61.4 Å². The van der Waals surface area contributed by atoms with Crippen molar-refractivity contribution in [3.63, 3.8) is 0 Å². The van der Waals surface area contributed by atoms with Crippen LogP contribution in [-0.2, 0) is 11.3 Å². The molecule has 1 saturated heterocycles. The van der Waals surface area contributed by atoms with Crippen LogP contribution in [0.1, 0.15) is 34.9 Å². The maximum Gasteiger partial charge on any atom is 0.227 e. The summed E-state index contributed by atoms with van der Waals surface area (Å²) in [6.07, 6.45) is 0.457. The Morgan fingerprint density at radius 1 is 1.03 bits per heavy atom. The van der Waals surface area contributed by atoms with E-state index in [1.165, 1.54) is 16.7 Å². The fourth-order valence-corrected chi connectivity index (χ4v) is 4.59. The van der Waals surface area contributed by atoms with Crippen molar-refractivity contribution >= 4 is 34.2 Å². The standard InChI is InChI=1S/C26H24ClN3O/c1-17-7-8-18(2)19(13-17)15-30-24-6-4-3-5-23(24)28-26(30)20-14-25(31)29(16-20)22-11-9-21(27)10-12-22/h3-13,20H,14-16H2,1-2H3. The normalized spacial score (nSPS) is 16.4. The Hall–Kier alpha value is -3.11. The quantitative estimate of drug-likeness (QED) is 0.406. The van der Waals surface area contributed by atoms with E-state index >= 15 is 0 Å². The van der Waals surface area contributed by atoms with Gasteiger partial charge in [-0.25, -0.2) is 4.98 Å². The Morgan fingerprint density at radius 2 is 1.81 bits per heavy atom. The predicted molar refractivity (Wildman–Crippen MR) is 126 cm³/mol. The molecule has 0 aliphatic carbocycles. The molecule has 5 heteroatoms. The SMILES string of the molecule is Cc1ccc(C)c(Cn2c(C3CC(=O)N(c4ccc(Cl)cc4)C3)nc3ccccc32)c1. The lowest BCUT2D eigenvalue weighted by atomic mass is 10.0. The minimum Gasteiger partial charge on any atom is -0.323 e. The average molecular weight is 430 g/mol. The lowest BCUT2D eigenvalue weighted by molar-refractivity contribution is -0.117. The second kappa shape index (κ2) is 7.86. The van der Waals surface area contributed by atoms with Crippen LogP contribution >= 0.6 is 11.6 Å². The molecule has 0 radical (unpaired) electrons. The number of halogens is 1. The molecule has 31 heavy (non-hydrogen) atoms. The average Bonchev–Trinajstić information content (AvgIpc) is 3.32. The zero-order chi connectivity index (χ0) is 21.5. The van der Waals surface area contributed by atoms with Gasteiger partial charge in [0.1, 0.15) is 5.82 Å². The van der Waals surface area contributed by atoms with Crippen LogP contribution in [0.2, 0.25) is 5.02 Å². The van der Waals surface area contributed by atoms with Gasteiger partial charge in [0, 0.05) is 36.1 Å². The summed E-state index contributed by atoms with van der Waals surface area (Å²) in [5.74, 6) is 1.14. The van der Waals surface area contributed by atoms with E-state index in [0.29, 0.717) is 18.0 Å². The Kier molecular flexibility index (Phi) is 5.03. The minimum absolute atomic E-state index is 0.0423. The van der Waals surface area contributed by atoms with Gasteiger partial charge >= 0.3 is 0 Å². The van der Waals surface area contributed by atoms with Crippen LogP contribution in [0.4, 0.5) is 5.69 Å². The van der Waals surface area contributed by atoms with E-state index in [4.69, 9.17) is 16.6 Å². The molecule has 1 aliphatic heterocycles. The Morgan fingerprint density at radius 3 is 2.61 bits per heavy atom. The highest BCUT2D eigenvalue weighted by molar-refractivity contribution is 6.30. The molecule has 5 rings (SSSR count). The summed E-state index contributed by atoms with van der Waals surface area (Å²) in [7, 11) is 0. The number of anilines is 1. The summed E-state index contributed by atoms with van der Waals surface area (Å²) >= 11 is 6.03. The van der Waals surface area contributed by atoms with Crippen LogP contribution in [-0.4, -0.2) is 22.0 Å². The maximum atomic E-state index is 12.9. The molecular formula is C26H24ClN3O. The molecule has 1 atom stereocenters. The van der Waals surface area contributed by atoms with Crippen molar-refractivity contribution in [1.82, 2.24) is 9.55 Å². The number of imidazole rings is 1. The first-order valence-corrected chi connectivity index (χ1v) is 10.9. The largest absolute Gasteiger partial charge is 0.323 e. The first-order valence-electron chi connectivity index (χ1n) is 10.6. The van der Waals surface area contributed by atoms with Crippen LogP contribution in [0.25, 0.3) is 11.0 Å². The molecule has 1 aromatic heterocycles. The van der Waals surface area contributed by atoms with Crippen molar-refractivity contribution in [3.05, 3.63) is 94.3 Å². The lowest BCUT2D eigenvalue weighted by Crippen LogP contribution is -2.24. The van der Waals surface area contributed by atoms with Gasteiger partial charge in [-0.1, -0.05) is 47.5 Å². The van der Waals surface area contributed by atoms with Gasteiger partial charge in [0.15, 0.2) is 0 Å². The Bertz CT molecular complexity index is 1280. The van der Waals surface area contributed by atoms with Gasteiger partial charge < -0.3 is 9.47 Å². The number of aromatic nitrogens is 2. The van der Waals surface area contributed by atoms with E-state index in [1.807, 2.05) is 47.4 Å². The summed E-state index contributed by atoms with van der Waals surface area (Å²) in [6.45, 7) is 5.63. The number of benzene rings is 3. The van der Waals surface area contributed by atoms with E-state index in [-0.39, 0.29) is 11.8 Å². The number of hydrogen-bond donors (Lipinski definition) is 0. The highest BCUT2D eigenvalue weighted by atomic mass is 35.5. The zero-order valence-electron chi connectivity index (χ0n) is 17.7. The van der Waals surface area contributed by atoms with Crippen molar-refractivity contribution in [1.29, 1.82) is 0 Å².